The predicted octanol–water partition coefficient (Wildman–Crippen LogP) is 2.34. The van der Waals surface area contributed by atoms with Crippen LogP contribution in [0.2, 0.25) is 0 Å². The molecule has 0 radical (unpaired) electrons. The lowest BCUT2D eigenvalue weighted by Crippen LogP contribution is -2.32. The van der Waals surface area contributed by atoms with Crippen LogP contribution >= 0.6 is 0 Å². The van der Waals surface area contributed by atoms with E-state index >= 15 is 0 Å². The zero-order chi connectivity index (χ0) is 11.6. The first-order valence-corrected chi connectivity index (χ1v) is 4.75. The summed E-state index contributed by atoms with van der Waals surface area (Å²) in [5.74, 6) is -2.10. The summed E-state index contributed by atoms with van der Waals surface area (Å²) < 4.78 is 25.8. The van der Waals surface area contributed by atoms with E-state index in [9.17, 15) is 13.9 Å². The summed E-state index contributed by atoms with van der Waals surface area (Å²) in [4.78, 5) is 0. The summed E-state index contributed by atoms with van der Waals surface area (Å²) in [7, 11) is 0. The number of phenols is 1. The Morgan fingerprint density at radius 3 is 2.47 bits per heavy atom. The monoisotopic (exact) mass is 215 g/mol. The number of rotatable bonds is 3. The SMILES string of the molecule is CC(C)(N)CCc1cc(F)cc(F)c1O. The Hall–Kier alpha value is -1.16. The fourth-order valence-electron chi connectivity index (χ4n) is 1.27. The van der Waals surface area contributed by atoms with Crippen molar-refractivity contribution in [1.82, 2.24) is 0 Å². The van der Waals surface area contributed by atoms with Crippen LogP contribution in [0, 0.1) is 11.6 Å². The number of aryl methyl sites for hydroxylation is 1. The molecule has 0 aromatic heterocycles. The Morgan fingerprint density at radius 1 is 1.33 bits per heavy atom. The average molecular weight is 215 g/mol. The van der Waals surface area contributed by atoms with Gasteiger partial charge < -0.3 is 10.8 Å². The van der Waals surface area contributed by atoms with Crippen LogP contribution in [0.4, 0.5) is 8.78 Å². The Kier molecular flexibility index (Phi) is 3.29. The largest absolute Gasteiger partial charge is 0.505 e. The molecule has 0 aliphatic carbocycles. The summed E-state index contributed by atoms with van der Waals surface area (Å²) in [6.07, 6.45) is 0.896. The van der Waals surface area contributed by atoms with Crippen molar-refractivity contribution >= 4 is 0 Å². The first kappa shape index (κ1) is 11.9. The number of benzene rings is 1. The molecule has 15 heavy (non-hydrogen) atoms. The second-order valence-corrected chi connectivity index (χ2v) is 4.38. The fourth-order valence-corrected chi connectivity index (χ4v) is 1.27. The normalized spacial score (nSPS) is 11.8. The van der Waals surface area contributed by atoms with Crippen LogP contribution in [0.1, 0.15) is 25.8 Å². The van der Waals surface area contributed by atoms with Gasteiger partial charge in [-0.15, -0.1) is 0 Å². The standard InChI is InChI=1S/C11H15F2NO/c1-11(2,14)4-3-7-5-8(12)6-9(13)10(7)15/h5-6,15H,3-4,14H2,1-2H3. The summed E-state index contributed by atoms with van der Waals surface area (Å²) in [6.45, 7) is 3.64. The van der Waals surface area contributed by atoms with Crippen LogP contribution in [0.15, 0.2) is 12.1 Å². The van der Waals surface area contributed by atoms with Crippen LogP contribution in [-0.4, -0.2) is 10.6 Å². The molecule has 0 aliphatic rings. The van der Waals surface area contributed by atoms with Gasteiger partial charge in [-0.2, -0.15) is 0 Å². The van der Waals surface area contributed by atoms with Crippen molar-refractivity contribution in [2.24, 2.45) is 5.73 Å². The number of phenolic OH excluding ortho intramolecular Hbond substituents is 1. The van der Waals surface area contributed by atoms with Crippen molar-refractivity contribution in [3.8, 4) is 5.75 Å². The molecule has 1 aromatic carbocycles. The van der Waals surface area contributed by atoms with Crippen LogP contribution in [0.5, 0.6) is 5.75 Å². The van der Waals surface area contributed by atoms with Crippen molar-refractivity contribution < 1.29 is 13.9 Å². The zero-order valence-electron chi connectivity index (χ0n) is 8.85. The molecule has 0 atom stereocenters. The minimum absolute atomic E-state index is 0.256. The van der Waals surface area contributed by atoms with Crippen molar-refractivity contribution in [2.45, 2.75) is 32.2 Å². The molecule has 0 fully saturated rings. The molecular weight excluding hydrogens is 200 g/mol. The Labute approximate surface area is 87.7 Å². The predicted molar refractivity (Wildman–Crippen MR) is 54.6 cm³/mol. The summed E-state index contributed by atoms with van der Waals surface area (Å²) in [6, 6.07) is 1.79. The van der Waals surface area contributed by atoms with Crippen LogP contribution in [-0.2, 0) is 6.42 Å². The van der Waals surface area contributed by atoms with Crippen LogP contribution in [0.25, 0.3) is 0 Å². The third-order valence-electron chi connectivity index (χ3n) is 2.15. The molecule has 84 valence electrons. The minimum atomic E-state index is -0.931. The zero-order valence-corrected chi connectivity index (χ0v) is 8.85. The van der Waals surface area contributed by atoms with Crippen molar-refractivity contribution in [1.29, 1.82) is 0 Å². The van der Waals surface area contributed by atoms with Crippen molar-refractivity contribution in [3.05, 3.63) is 29.3 Å². The van der Waals surface area contributed by atoms with E-state index in [4.69, 9.17) is 5.73 Å². The Balaban J connectivity index is 2.86. The maximum absolute atomic E-state index is 12.9. The van der Waals surface area contributed by atoms with Gasteiger partial charge in [0.1, 0.15) is 5.82 Å². The maximum Gasteiger partial charge on any atom is 0.168 e. The number of aromatic hydroxyl groups is 1. The van der Waals surface area contributed by atoms with Gasteiger partial charge in [0.2, 0.25) is 0 Å². The van der Waals surface area contributed by atoms with Crippen LogP contribution < -0.4 is 5.73 Å². The van der Waals surface area contributed by atoms with Crippen molar-refractivity contribution in [3.63, 3.8) is 0 Å². The molecule has 0 aliphatic heterocycles. The van der Waals surface area contributed by atoms with E-state index in [2.05, 4.69) is 0 Å². The van der Waals surface area contributed by atoms with Gasteiger partial charge in [-0.25, -0.2) is 8.78 Å². The Morgan fingerprint density at radius 2 is 1.93 bits per heavy atom. The van der Waals surface area contributed by atoms with Gasteiger partial charge in [0.05, 0.1) is 0 Å². The quantitative estimate of drug-likeness (QED) is 0.812. The fraction of sp³-hybridized carbons (Fsp3) is 0.455. The highest BCUT2D eigenvalue weighted by Gasteiger charge is 2.15. The third kappa shape index (κ3) is 3.47. The van der Waals surface area contributed by atoms with E-state index in [1.54, 1.807) is 0 Å². The van der Waals surface area contributed by atoms with Gasteiger partial charge in [0.15, 0.2) is 11.6 Å². The molecule has 0 unspecified atom stereocenters. The highest BCUT2D eigenvalue weighted by molar-refractivity contribution is 5.34. The van der Waals surface area contributed by atoms with Gasteiger partial charge in [0, 0.05) is 11.6 Å². The van der Waals surface area contributed by atoms with E-state index < -0.39 is 22.9 Å². The van der Waals surface area contributed by atoms with E-state index in [0.29, 0.717) is 18.9 Å². The molecule has 0 amide bonds. The molecule has 1 aromatic rings. The minimum Gasteiger partial charge on any atom is -0.505 e. The molecule has 0 saturated carbocycles. The number of nitrogens with two attached hydrogens (primary N) is 1. The maximum atomic E-state index is 12.9. The van der Waals surface area contributed by atoms with Crippen LogP contribution in [0.3, 0.4) is 0 Å². The van der Waals surface area contributed by atoms with Gasteiger partial charge in [-0.05, 0) is 38.3 Å². The highest BCUT2D eigenvalue weighted by Crippen LogP contribution is 2.25. The highest BCUT2D eigenvalue weighted by atomic mass is 19.1. The number of halogens is 2. The first-order valence-electron chi connectivity index (χ1n) is 4.75. The second kappa shape index (κ2) is 4.14. The van der Waals surface area contributed by atoms with E-state index in [1.165, 1.54) is 0 Å². The number of hydrogen-bond donors (Lipinski definition) is 2. The molecule has 2 nitrogen and oxygen atoms in total. The number of hydrogen-bond acceptors (Lipinski definition) is 2. The van der Waals surface area contributed by atoms with Crippen molar-refractivity contribution in [2.75, 3.05) is 0 Å². The smallest absolute Gasteiger partial charge is 0.168 e. The lowest BCUT2D eigenvalue weighted by molar-refractivity contribution is 0.413. The molecular formula is C11H15F2NO. The molecule has 0 heterocycles. The van der Waals surface area contributed by atoms with Gasteiger partial charge in [-0.1, -0.05) is 0 Å². The summed E-state index contributed by atoms with van der Waals surface area (Å²) in [5.41, 5.74) is 5.57. The Bertz CT molecular complexity index is 358. The van der Waals surface area contributed by atoms with E-state index in [-0.39, 0.29) is 5.56 Å². The molecule has 4 heteroatoms. The second-order valence-electron chi connectivity index (χ2n) is 4.38. The van der Waals surface area contributed by atoms with Gasteiger partial charge in [-0.3, -0.25) is 0 Å². The third-order valence-corrected chi connectivity index (χ3v) is 2.15. The van der Waals surface area contributed by atoms with E-state index in [0.717, 1.165) is 6.07 Å². The molecule has 3 N–H and O–H groups in total. The lowest BCUT2D eigenvalue weighted by atomic mass is 9.96. The van der Waals surface area contributed by atoms with Gasteiger partial charge in [0.25, 0.3) is 0 Å². The van der Waals surface area contributed by atoms with E-state index in [1.807, 2.05) is 13.8 Å². The molecule has 0 spiro atoms. The lowest BCUT2D eigenvalue weighted by Gasteiger charge is -2.18. The first-order chi connectivity index (χ1) is 6.79. The molecule has 1 rings (SSSR count). The molecule has 0 bridgehead atoms. The topological polar surface area (TPSA) is 46.2 Å². The summed E-state index contributed by atoms with van der Waals surface area (Å²) in [5, 5.41) is 9.34. The van der Waals surface area contributed by atoms with Gasteiger partial charge >= 0.3 is 0 Å². The summed E-state index contributed by atoms with van der Waals surface area (Å²) >= 11 is 0. The average Bonchev–Trinajstić information content (AvgIpc) is 2.07. The molecule has 0 saturated heterocycles.